The minimum Gasteiger partial charge on any atom is -0.354 e. The van der Waals surface area contributed by atoms with Gasteiger partial charge in [-0.15, -0.1) is 0 Å². The maximum Gasteiger partial charge on any atom is 0.239 e. The molecule has 2 fully saturated rings. The summed E-state index contributed by atoms with van der Waals surface area (Å²) < 4.78 is 0. The molecule has 1 aliphatic carbocycles. The predicted molar refractivity (Wildman–Crippen MR) is 78.1 cm³/mol. The Morgan fingerprint density at radius 1 is 1.32 bits per heavy atom. The van der Waals surface area contributed by atoms with E-state index in [1.54, 1.807) is 0 Å². The Labute approximate surface area is 117 Å². The van der Waals surface area contributed by atoms with Crippen LogP contribution < -0.4 is 10.6 Å². The number of hydrogen-bond acceptors (Lipinski definition) is 3. The van der Waals surface area contributed by atoms with Gasteiger partial charge in [-0.05, 0) is 38.5 Å². The Morgan fingerprint density at radius 3 is 2.42 bits per heavy atom. The number of amides is 1. The molecule has 1 heterocycles. The van der Waals surface area contributed by atoms with Gasteiger partial charge in [0, 0.05) is 32.7 Å². The number of carbonyl (C=O) groups is 1. The molecule has 0 bridgehead atoms. The standard InChI is InChI=1S/C15H29N3O/c1-4-15(6-5-7-15)12-17-13(19)14(2,3)18-10-8-16-9-11-18/h16H,4-12H2,1-3H3,(H,17,19). The maximum atomic E-state index is 12.5. The van der Waals surface area contributed by atoms with Crippen LogP contribution in [0.4, 0.5) is 0 Å². The summed E-state index contributed by atoms with van der Waals surface area (Å²) in [7, 11) is 0. The minimum atomic E-state index is -0.388. The van der Waals surface area contributed by atoms with Gasteiger partial charge in [-0.1, -0.05) is 13.3 Å². The van der Waals surface area contributed by atoms with Crippen LogP contribution in [0.5, 0.6) is 0 Å². The first-order valence-corrected chi connectivity index (χ1v) is 7.74. The summed E-state index contributed by atoms with van der Waals surface area (Å²) in [5.41, 5.74) is 0.00989. The highest BCUT2D eigenvalue weighted by atomic mass is 16.2. The Hall–Kier alpha value is -0.610. The molecule has 0 aromatic carbocycles. The third kappa shape index (κ3) is 3.11. The molecule has 1 amide bonds. The molecule has 1 saturated carbocycles. The zero-order valence-corrected chi connectivity index (χ0v) is 12.7. The fourth-order valence-electron chi connectivity index (χ4n) is 3.18. The fraction of sp³-hybridized carbons (Fsp3) is 0.933. The average Bonchev–Trinajstić information content (AvgIpc) is 2.38. The van der Waals surface area contributed by atoms with Crippen molar-refractivity contribution in [3.63, 3.8) is 0 Å². The van der Waals surface area contributed by atoms with Crippen LogP contribution in [0.2, 0.25) is 0 Å². The van der Waals surface area contributed by atoms with Crippen molar-refractivity contribution < 1.29 is 4.79 Å². The lowest BCUT2D eigenvalue weighted by Crippen LogP contribution is -2.61. The molecule has 0 unspecified atom stereocenters. The minimum absolute atomic E-state index is 0.189. The number of nitrogens with one attached hydrogen (secondary N) is 2. The number of carbonyl (C=O) groups excluding carboxylic acids is 1. The Kier molecular flexibility index (Phi) is 4.51. The topological polar surface area (TPSA) is 44.4 Å². The first-order chi connectivity index (χ1) is 9.00. The van der Waals surface area contributed by atoms with Crippen molar-refractivity contribution >= 4 is 5.91 Å². The summed E-state index contributed by atoms with van der Waals surface area (Å²) in [6.07, 6.45) is 5.06. The van der Waals surface area contributed by atoms with Gasteiger partial charge in [0.2, 0.25) is 5.91 Å². The van der Waals surface area contributed by atoms with Crippen molar-refractivity contribution in [2.75, 3.05) is 32.7 Å². The third-order valence-corrected chi connectivity index (χ3v) is 5.25. The van der Waals surface area contributed by atoms with Crippen molar-refractivity contribution in [3.8, 4) is 0 Å². The third-order valence-electron chi connectivity index (χ3n) is 5.25. The second kappa shape index (κ2) is 5.80. The van der Waals surface area contributed by atoms with Crippen molar-refractivity contribution in [3.05, 3.63) is 0 Å². The SMILES string of the molecule is CCC1(CNC(=O)C(C)(C)N2CCNCC2)CCC1. The van der Waals surface area contributed by atoms with Crippen LogP contribution >= 0.6 is 0 Å². The monoisotopic (exact) mass is 267 g/mol. The molecule has 110 valence electrons. The molecule has 1 aliphatic heterocycles. The lowest BCUT2D eigenvalue weighted by Gasteiger charge is -2.44. The molecule has 2 aliphatic rings. The molecule has 4 nitrogen and oxygen atoms in total. The van der Waals surface area contributed by atoms with Crippen LogP contribution in [0.15, 0.2) is 0 Å². The van der Waals surface area contributed by atoms with Gasteiger partial charge < -0.3 is 10.6 Å². The van der Waals surface area contributed by atoms with Crippen LogP contribution in [-0.2, 0) is 4.79 Å². The van der Waals surface area contributed by atoms with Gasteiger partial charge in [-0.2, -0.15) is 0 Å². The summed E-state index contributed by atoms with van der Waals surface area (Å²) in [6.45, 7) is 11.1. The zero-order chi connectivity index (χ0) is 13.9. The van der Waals surface area contributed by atoms with Gasteiger partial charge in [-0.3, -0.25) is 9.69 Å². The molecule has 2 N–H and O–H groups in total. The molecule has 0 radical (unpaired) electrons. The predicted octanol–water partition coefficient (Wildman–Crippen LogP) is 1.37. The first-order valence-electron chi connectivity index (χ1n) is 7.74. The molecule has 0 aromatic rings. The normalized spacial score (nSPS) is 23.7. The Morgan fingerprint density at radius 2 is 1.95 bits per heavy atom. The highest BCUT2D eigenvalue weighted by molar-refractivity contribution is 5.85. The number of hydrogen-bond donors (Lipinski definition) is 2. The molecule has 1 saturated heterocycles. The largest absolute Gasteiger partial charge is 0.354 e. The van der Waals surface area contributed by atoms with Gasteiger partial charge in [0.25, 0.3) is 0 Å². The van der Waals surface area contributed by atoms with Gasteiger partial charge in [0.05, 0.1) is 5.54 Å². The van der Waals surface area contributed by atoms with Crippen LogP contribution in [0.1, 0.15) is 46.5 Å². The van der Waals surface area contributed by atoms with Crippen molar-refractivity contribution in [1.82, 2.24) is 15.5 Å². The zero-order valence-electron chi connectivity index (χ0n) is 12.7. The summed E-state index contributed by atoms with van der Waals surface area (Å²) in [5.74, 6) is 0.189. The van der Waals surface area contributed by atoms with Crippen LogP contribution in [0, 0.1) is 5.41 Å². The average molecular weight is 267 g/mol. The second-order valence-corrected chi connectivity index (χ2v) is 6.69. The summed E-state index contributed by atoms with van der Waals surface area (Å²) in [4.78, 5) is 14.8. The molecular formula is C15H29N3O. The van der Waals surface area contributed by atoms with E-state index in [-0.39, 0.29) is 11.4 Å². The summed E-state index contributed by atoms with van der Waals surface area (Å²) >= 11 is 0. The van der Waals surface area contributed by atoms with E-state index in [9.17, 15) is 4.79 Å². The quantitative estimate of drug-likeness (QED) is 0.791. The molecule has 0 spiro atoms. The lowest BCUT2D eigenvalue weighted by atomic mass is 9.67. The molecule has 19 heavy (non-hydrogen) atoms. The second-order valence-electron chi connectivity index (χ2n) is 6.69. The van der Waals surface area contributed by atoms with Gasteiger partial charge in [0.1, 0.15) is 0 Å². The van der Waals surface area contributed by atoms with E-state index in [0.29, 0.717) is 5.41 Å². The fourth-order valence-corrected chi connectivity index (χ4v) is 3.18. The van der Waals surface area contributed by atoms with Crippen LogP contribution in [-0.4, -0.2) is 49.1 Å². The molecule has 0 aromatic heterocycles. The molecule has 4 heteroatoms. The van der Waals surface area contributed by atoms with Crippen molar-refractivity contribution in [2.24, 2.45) is 5.41 Å². The maximum absolute atomic E-state index is 12.5. The van der Waals surface area contributed by atoms with E-state index in [2.05, 4.69) is 22.5 Å². The van der Waals surface area contributed by atoms with E-state index >= 15 is 0 Å². The van der Waals surface area contributed by atoms with Crippen molar-refractivity contribution in [2.45, 2.75) is 52.0 Å². The highest BCUT2D eigenvalue weighted by Crippen LogP contribution is 2.43. The smallest absolute Gasteiger partial charge is 0.239 e. The van der Waals surface area contributed by atoms with E-state index in [1.807, 2.05) is 13.8 Å². The summed E-state index contributed by atoms with van der Waals surface area (Å²) in [5, 5.41) is 6.55. The van der Waals surface area contributed by atoms with Gasteiger partial charge in [-0.25, -0.2) is 0 Å². The van der Waals surface area contributed by atoms with E-state index in [1.165, 1.54) is 25.7 Å². The number of piperazine rings is 1. The number of nitrogens with zero attached hydrogens (tertiary/aromatic N) is 1. The van der Waals surface area contributed by atoms with Crippen LogP contribution in [0.25, 0.3) is 0 Å². The molecule has 2 rings (SSSR count). The molecule has 0 atom stereocenters. The number of rotatable bonds is 5. The van der Waals surface area contributed by atoms with E-state index in [4.69, 9.17) is 0 Å². The van der Waals surface area contributed by atoms with Crippen LogP contribution in [0.3, 0.4) is 0 Å². The van der Waals surface area contributed by atoms with E-state index in [0.717, 1.165) is 32.7 Å². The van der Waals surface area contributed by atoms with Gasteiger partial charge >= 0.3 is 0 Å². The Bertz CT molecular complexity index is 312. The van der Waals surface area contributed by atoms with E-state index < -0.39 is 0 Å². The van der Waals surface area contributed by atoms with Crippen molar-refractivity contribution in [1.29, 1.82) is 0 Å². The van der Waals surface area contributed by atoms with Gasteiger partial charge in [0.15, 0.2) is 0 Å². The lowest BCUT2D eigenvalue weighted by molar-refractivity contribution is -0.133. The summed E-state index contributed by atoms with van der Waals surface area (Å²) in [6, 6.07) is 0. The Balaban J connectivity index is 1.87. The molecular weight excluding hydrogens is 238 g/mol. The highest BCUT2D eigenvalue weighted by Gasteiger charge is 2.39. The first kappa shape index (κ1) is 14.8.